The molecule has 0 saturated carbocycles. The smallest absolute Gasteiger partial charge is 0.163 e. The van der Waals surface area contributed by atoms with Gasteiger partial charge in [-0.05, 0) is 24.3 Å². The molecule has 0 aliphatic rings. The first-order valence-corrected chi connectivity index (χ1v) is 7.24. The van der Waals surface area contributed by atoms with Gasteiger partial charge in [0.15, 0.2) is 5.57 Å². The van der Waals surface area contributed by atoms with Gasteiger partial charge in [0.25, 0.3) is 0 Å². The lowest BCUT2D eigenvalue weighted by atomic mass is 10.2. The molecule has 0 amide bonds. The first-order valence-electron chi connectivity index (χ1n) is 7.24. The minimum Gasteiger partial charge on any atom is -0.491 e. The molecule has 2 N–H and O–H groups in total. The molecule has 0 radical (unpaired) electrons. The number of nitriles is 3. The number of ether oxygens (including phenoxy) is 1. The van der Waals surface area contributed by atoms with Gasteiger partial charge in [-0.3, -0.25) is 0 Å². The van der Waals surface area contributed by atoms with E-state index < -0.39 is 6.10 Å². The van der Waals surface area contributed by atoms with Crippen LogP contribution in [-0.4, -0.2) is 27.4 Å². The fourth-order valence-electron chi connectivity index (χ4n) is 1.95. The van der Waals surface area contributed by atoms with Crippen LogP contribution < -0.4 is 10.1 Å². The summed E-state index contributed by atoms with van der Waals surface area (Å²) < 4.78 is 7.25. The molecule has 1 aromatic heterocycles. The fraction of sp³-hybridized carbons (Fsp3) is 0.176. The van der Waals surface area contributed by atoms with Crippen LogP contribution in [0.1, 0.15) is 0 Å². The van der Waals surface area contributed by atoms with Gasteiger partial charge >= 0.3 is 0 Å². The number of benzene rings is 1. The van der Waals surface area contributed by atoms with Crippen LogP contribution in [-0.2, 0) is 6.54 Å². The summed E-state index contributed by atoms with van der Waals surface area (Å²) in [6, 6.07) is 11.7. The van der Waals surface area contributed by atoms with E-state index in [2.05, 4.69) is 10.3 Å². The normalized spacial score (nSPS) is 10.6. The summed E-state index contributed by atoms with van der Waals surface area (Å²) in [4.78, 5) is 3.90. The summed E-state index contributed by atoms with van der Waals surface area (Å²) >= 11 is 0. The maximum Gasteiger partial charge on any atom is 0.163 e. The Morgan fingerprint density at radius 2 is 1.92 bits per heavy atom. The van der Waals surface area contributed by atoms with Gasteiger partial charge in [-0.25, -0.2) is 4.98 Å². The van der Waals surface area contributed by atoms with E-state index in [-0.39, 0.29) is 17.9 Å². The van der Waals surface area contributed by atoms with Crippen molar-refractivity contribution in [2.75, 3.05) is 11.9 Å². The van der Waals surface area contributed by atoms with Gasteiger partial charge < -0.3 is 19.7 Å². The van der Waals surface area contributed by atoms with Crippen molar-refractivity contribution in [1.82, 2.24) is 9.55 Å². The summed E-state index contributed by atoms with van der Waals surface area (Å²) in [6.45, 7) is 0.488. The number of anilines is 1. The van der Waals surface area contributed by atoms with Crippen molar-refractivity contribution >= 4 is 5.69 Å². The lowest BCUT2D eigenvalue weighted by molar-refractivity contribution is 0.0925. The number of hydrogen-bond acceptors (Lipinski definition) is 7. The summed E-state index contributed by atoms with van der Waals surface area (Å²) in [6.07, 6.45) is 4.31. The van der Waals surface area contributed by atoms with Crippen LogP contribution in [0.25, 0.3) is 0 Å². The number of allylic oxidation sites excluding steroid dienone is 2. The summed E-state index contributed by atoms with van der Waals surface area (Å²) in [5.41, 5.74) is 0.130. The van der Waals surface area contributed by atoms with Gasteiger partial charge in [0.05, 0.1) is 12.9 Å². The van der Waals surface area contributed by atoms with E-state index in [1.165, 1.54) is 0 Å². The van der Waals surface area contributed by atoms with Crippen molar-refractivity contribution in [2.24, 2.45) is 0 Å². The average molecular weight is 334 g/mol. The zero-order chi connectivity index (χ0) is 18.1. The van der Waals surface area contributed by atoms with Crippen molar-refractivity contribution in [3.63, 3.8) is 0 Å². The molecule has 25 heavy (non-hydrogen) atoms. The van der Waals surface area contributed by atoms with Crippen LogP contribution in [0, 0.1) is 34.0 Å². The first kappa shape index (κ1) is 17.6. The number of imidazole rings is 1. The Bertz CT molecular complexity index is 835. The molecule has 0 bridgehead atoms. The maximum absolute atomic E-state index is 9.91. The molecule has 124 valence electrons. The van der Waals surface area contributed by atoms with Crippen molar-refractivity contribution < 1.29 is 9.84 Å². The third kappa shape index (κ3) is 5.11. The molecule has 1 heterocycles. The fourth-order valence-corrected chi connectivity index (χ4v) is 1.95. The van der Waals surface area contributed by atoms with Gasteiger partial charge in [0.1, 0.15) is 42.4 Å². The Hall–Kier alpha value is -3.80. The Kier molecular flexibility index (Phi) is 6.13. The Labute approximate surface area is 144 Å². The van der Waals surface area contributed by atoms with E-state index in [0.717, 1.165) is 0 Å². The average Bonchev–Trinajstić information content (AvgIpc) is 3.14. The Morgan fingerprint density at radius 1 is 1.20 bits per heavy atom. The lowest BCUT2D eigenvalue weighted by Crippen LogP contribution is -2.22. The third-order valence-corrected chi connectivity index (χ3v) is 3.13. The van der Waals surface area contributed by atoms with Crippen LogP contribution in [0.4, 0.5) is 5.69 Å². The largest absolute Gasteiger partial charge is 0.491 e. The van der Waals surface area contributed by atoms with Crippen molar-refractivity contribution in [3.05, 3.63) is 54.3 Å². The van der Waals surface area contributed by atoms with Gasteiger partial charge in [-0.2, -0.15) is 15.8 Å². The van der Waals surface area contributed by atoms with Crippen LogP contribution in [0.2, 0.25) is 0 Å². The standard InChI is InChI=1S/C17H14N6O2/c18-7-13(8-19)17(9-20)22-14-1-3-16(4-2-14)25-11-15(24)10-23-6-5-21-12-23/h1-6,12,15,22,24H,10-11H2. The second-order valence-corrected chi connectivity index (χ2v) is 4.96. The van der Waals surface area contributed by atoms with Crippen molar-refractivity contribution in [1.29, 1.82) is 15.8 Å². The highest BCUT2D eigenvalue weighted by atomic mass is 16.5. The third-order valence-electron chi connectivity index (χ3n) is 3.13. The molecule has 0 spiro atoms. The molecule has 1 atom stereocenters. The minimum absolute atomic E-state index is 0.112. The van der Waals surface area contributed by atoms with Crippen LogP contribution >= 0.6 is 0 Å². The zero-order valence-corrected chi connectivity index (χ0v) is 13.1. The number of hydrogen-bond donors (Lipinski definition) is 2. The molecule has 0 saturated heterocycles. The van der Waals surface area contributed by atoms with Gasteiger partial charge in [-0.1, -0.05) is 0 Å². The zero-order valence-electron chi connectivity index (χ0n) is 13.1. The number of aliphatic hydroxyl groups is 1. The van der Waals surface area contributed by atoms with Crippen LogP contribution in [0.3, 0.4) is 0 Å². The molecular formula is C17H14N6O2. The van der Waals surface area contributed by atoms with Crippen LogP contribution in [0.15, 0.2) is 54.3 Å². The molecule has 8 nitrogen and oxygen atoms in total. The van der Waals surface area contributed by atoms with Gasteiger partial charge in [-0.15, -0.1) is 0 Å². The molecular weight excluding hydrogens is 320 g/mol. The van der Waals surface area contributed by atoms with Crippen molar-refractivity contribution in [2.45, 2.75) is 12.6 Å². The second kappa shape index (κ2) is 8.73. The van der Waals surface area contributed by atoms with E-state index >= 15 is 0 Å². The molecule has 2 rings (SSSR count). The lowest BCUT2D eigenvalue weighted by Gasteiger charge is -2.13. The molecule has 0 aliphatic carbocycles. The Morgan fingerprint density at radius 3 is 2.48 bits per heavy atom. The number of aromatic nitrogens is 2. The molecule has 1 aromatic carbocycles. The Balaban J connectivity index is 1.92. The van der Waals surface area contributed by atoms with E-state index in [9.17, 15) is 5.11 Å². The SMILES string of the molecule is N#CC(C#N)=C(C#N)Nc1ccc(OCC(O)Cn2ccnc2)cc1. The maximum atomic E-state index is 9.91. The number of aliphatic hydroxyl groups excluding tert-OH is 1. The van der Waals surface area contributed by atoms with E-state index in [1.807, 2.05) is 0 Å². The highest BCUT2D eigenvalue weighted by Crippen LogP contribution is 2.18. The monoisotopic (exact) mass is 334 g/mol. The molecule has 2 aromatic rings. The first-order chi connectivity index (χ1) is 12.2. The van der Waals surface area contributed by atoms with Gasteiger partial charge in [0.2, 0.25) is 0 Å². The predicted octanol–water partition coefficient (Wildman–Crippen LogP) is 1.56. The quantitative estimate of drug-likeness (QED) is 0.734. The molecule has 1 unspecified atom stereocenters. The molecule has 0 fully saturated rings. The number of rotatable bonds is 7. The van der Waals surface area contributed by atoms with Gasteiger partial charge in [0, 0.05) is 18.1 Å². The second-order valence-electron chi connectivity index (χ2n) is 4.96. The molecule has 8 heteroatoms. The summed E-state index contributed by atoms with van der Waals surface area (Å²) in [7, 11) is 0. The highest BCUT2D eigenvalue weighted by Gasteiger charge is 2.08. The van der Waals surface area contributed by atoms with E-state index in [0.29, 0.717) is 18.0 Å². The molecule has 0 aliphatic heterocycles. The highest BCUT2D eigenvalue weighted by molar-refractivity contribution is 5.58. The number of nitrogens with one attached hydrogen (secondary N) is 1. The summed E-state index contributed by atoms with van der Waals surface area (Å²) in [5, 5.41) is 39.2. The number of nitrogens with zero attached hydrogens (tertiary/aromatic N) is 5. The topological polar surface area (TPSA) is 131 Å². The minimum atomic E-state index is -0.686. The van der Waals surface area contributed by atoms with Crippen molar-refractivity contribution in [3.8, 4) is 24.0 Å². The summed E-state index contributed by atoms with van der Waals surface area (Å²) in [5.74, 6) is 0.540. The van der Waals surface area contributed by atoms with Crippen LogP contribution in [0.5, 0.6) is 5.75 Å². The van der Waals surface area contributed by atoms with E-state index in [1.54, 1.807) is 65.8 Å². The predicted molar refractivity (Wildman–Crippen MR) is 87.7 cm³/mol. The van der Waals surface area contributed by atoms with E-state index in [4.69, 9.17) is 20.5 Å².